The lowest BCUT2D eigenvalue weighted by Crippen LogP contribution is -2.54. The van der Waals surface area contributed by atoms with Gasteiger partial charge in [-0.1, -0.05) is 38.2 Å². The fraction of sp³-hybridized carbons (Fsp3) is 0.429. The van der Waals surface area contributed by atoms with Crippen LogP contribution in [0.5, 0.6) is 0 Å². The van der Waals surface area contributed by atoms with E-state index in [0.29, 0.717) is 17.0 Å². The van der Waals surface area contributed by atoms with E-state index in [9.17, 15) is 4.79 Å². The fourth-order valence-corrected chi connectivity index (χ4v) is 1.73. The molecule has 98 valence electrons. The summed E-state index contributed by atoms with van der Waals surface area (Å²) in [6.07, 6.45) is 1.63. The standard InChI is InChI=1S/C14H20N2OS/c1-4-10-6-8-11(9-7-10)12(17)16-14(3,5-2)13(15)18/h6-9H,4-5H2,1-3H3,(H2,15,18)(H,16,17). The summed E-state index contributed by atoms with van der Waals surface area (Å²) < 4.78 is 0. The topological polar surface area (TPSA) is 55.1 Å². The Bertz CT molecular complexity index is 442. The summed E-state index contributed by atoms with van der Waals surface area (Å²) >= 11 is 5.00. The van der Waals surface area contributed by atoms with Crippen LogP contribution in [0, 0.1) is 0 Å². The van der Waals surface area contributed by atoms with Gasteiger partial charge in [-0.15, -0.1) is 0 Å². The number of hydrogen-bond donors (Lipinski definition) is 2. The van der Waals surface area contributed by atoms with Gasteiger partial charge in [-0.3, -0.25) is 4.79 Å². The summed E-state index contributed by atoms with van der Waals surface area (Å²) in [5, 5.41) is 2.89. The molecule has 1 atom stereocenters. The minimum Gasteiger partial charge on any atom is -0.391 e. The predicted octanol–water partition coefficient (Wildman–Crippen LogP) is 2.43. The smallest absolute Gasteiger partial charge is 0.252 e. The normalized spacial score (nSPS) is 13.7. The first-order chi connectivity index (χ1) is 8.42. The van der Waals surface area contributed by atoms with E-state index in [1.165, 1.54) is 5.56 Å². The fourth-order valence-electron chi connectivity index (χ4n) is 1.54. The average Bonchev–Trinajstić information content (AvgIpc) is 2.38. The summed E-state index contributed by atoms with van der Waals surface area (Å²) in [7, 11) is 0. The molecule has 0 aliphatic heterocycles. The number of amides is 1. The molecule has 1 aromatic rings. The molecule has 4 heteroatoms. The molecule has 0 aromatic heterocycles. The summed E-state index contributed by atoms with van der Waals surface area (Å²) in [5.74, 6) is -0.144. The Morgan fingerprint density at radius 3 is 2.28 bits per heavy atom. The third-order valence-corrected chi connectivity index (χ3v) is 3.72. The zero-order chi connectivity index (χ0) is 13.8. The summed E-state index contributed by atoms with van der Waals surface area (Å²) in [5.41, 5.74) is 6.88. The van der Waals surface area contributed by atoms with Crippen LogP contribution in [0.25, 0.3) is 0 Å². The zero-order valence-electron chi connectivity index (χ0n) is 11.1. The molecule has 18 heavy (non-hydrogen) atoms. The molecule has 3 N–H and O–H groups in total. The Labute approximate surface area is 114 Å². The lowest BCUT2D eigenvalue weighted by Gasteiger charge is -2.28. The van der Waals surface area contributed by atoms with E-state index in [-0.39, 0.29) is 5.91 Å². The van der Waals surface area contributed by atoms with Crippen LogP contribution >= 0.6 is 12.2 Å². The molecule has 3 nitrogen and oxygen atoms in total. The minimum absolute atomic E-state index is 0.144. The van der Waals surface area contributed by atoms with Gasteiger partial charge in [0.15, 0.2) is 0 Å². The van der Waals surface area contributed by atoms with Crippen molar-refractivity contribution in [1.29, 1.82) is 0 Å². The number of benzene rings is 1. The van der Waals surface area contributed by atoms with Crippen molar-refractivity contribution in [2.24, 2.45) is 5.73 Å². The number of carbonyl (C=O) groups excluding carboxylic acids is 1. The van der Waals surface area contributed by atoms with Gasteiger partial charge in [0.1, 0.15) is 0 Å². The van der Waals surface area contributed by atoms with Crippen molar-refractivity contribution < 1.29 is 4.79 Å². The SMILES string of the molecule is CCc1ccc(C(=O)NC(C)(CC)C(N)=S)cc1. The van der Waals surface area contributed by atoms with Gasteiger partial charge in [-0.25, -0.2) is 0 Å². The van der Waals surface area contributed by atoms with Crippen LogP contribution in [0.1, 0.15) is 43.1 Å². The molecular formula is C14H20N2OS. The van der Waals surface area contributed by atoms with Gasteiger partial charge in [0.2, 0.25) is 0 Å². The number of hydrogen-bond acceptors (Lipinski definition) is 2. The van der Waals surface area contributed by atoms with Crippen LogP contribution in [-0.2, 0) is 6.42 Å². The first-order valence-electron chi connectivity index (χ1n) is 6.14. The third-order valence-electron chi connectivity index (χ3n) is 3.26. The first kappa shape index (κ1) is 14.6. The van der Waals surface area contributed by atoms with E-state index in [1.54, 1.807) is 0 Å². The maximum atomic E-state index is 12.1. The lowest BCUT2D eigenvalue weighted by molar-refractivity contribution is 0.0926. The number of carbonyl (C=O) groups is 1. The largest absolute Gasteiger partial charge is 0.391 e. The second-order valence-corrected chi connectivity index (χ2v) is 4.99. The van der Waals surface area contributed by atoms with E-state index in [0.717, 1.165) is 6.42 Å². The summed E-state index contributed by atoms with van der Waals surface area (Å²) in [6, 6.07) is 7.56. The highest BCUT2D eigenvalue weighted by Gasteiger charge is 2.27. The molecule has 0 bridgehead atoms. The van der Waals surface area contributed by atoms with Crippen LogP contribution in [0.3, 0.4) is 0 Å². The predicted molar refractivity (Wildman–Crippen MR) is 78.8 cm³/mol. The van der Waals surface area contributed by atoms with Crippen LogP contribution in [0.4, 0.5) is 0 Å². The summed E-state index contributed by atoms with van der Waals surface area (Å²) in [6.45, 7) is 5.86. The van der Waals surface area contributed by atoms with E-state index >= 15 is 0 Å². The van der Waals surface area contributed by atoms with Gasteiger partial charge in [0, 0.05) is 5.56 Å². The molecule has 0 saturated heterocycles. The van der Waals surface area contributed by atoms with Gasteiger partial charge in [0.25, 0.3) is 5.91 Å². The van der Waals surface area contributed by atoms with E-state index < -0.39 is 5.54 Å². The van der Waals surface area contributed by atoms with Gasteiger partial charge >= 0.3 is 0 Å². The quantitative estimate of drug-likeness (QED) is 0.803. The van der Waals surface area contributed by atoms with Crippen molar-refractivity contribution in [3.05, 3.63) is 35.4 Å². The van der Waals surface area contributed by atoms with Crippen LogP contribution in [-0.4, -0.2) is 16.4 Å². The molecule has 0 aliphatic carbocycles. The summed E-state index contributed by atoms with van der Waals surface area (Å²) in [4.78, 5) is 12.4. The Morgan fingerprint density at radius 2 is 1.89 bits per heavy atom. The number of nitrogens with two attached hydrogens (primary N) is 1. The highest BCUT2D eigenvalue weighted by molar-refractivity contribution is 7.80. The molecule has 0 radical (unpaired) electrons. The van der Waals surface area contributed by atoms with Crippen LogP contribution in [0.2, 0.25) is 0 Å². The van der Waals surface area contributed by atoms with Crippen molar-refractivity contribution in [2.75, 3.05) is 0 Å². The van der Waals surface area contributed by atoms with Crippen molar-refractivity contribution >= 4 is 23.1 Å². The minimum atomic E-state index is -0.629. The van der Waals surface area contributed by atoms with Crippen molar-refractivity contribution in [3.63, 3.8) is 0 Å². The van der Waals surface area contributed by atoms with Crippen LogP contribution in [0.15, 0.2) is 24.3 Å². The van der Waals surface area contributed by atoms with Crippen molar-refractivity contribution in [1.82, 2.24) is 5.32 Å². The van der Waals surface area contributed by atoms with E-state index in [1.807, 2.05) is 38.1 Å². The van der Waals surface area contributed by atoms with Gasteiger partial charge in [-0.2, -0.15) is 0 Å². The van der Waals surface area contributed by atoms with Crippen LogP contribution < -0.4 is 11.1 Å². The maximum Gasteiger partial charge on any atom is 0.252 e. The molecule has 0 aliphatic rings. The molecule has 1 amide bonds. The van der Waals surface area contributed by atoms with E-state index in [4.69, 9.17) is 18.0 Å². The Balaban J connectivity index is 2.84. The monoisotopic (exact) mass is 264 g/mol. The number of rotatable bonds is 5. The van der Waals surface area contributed by atoms with Crippen molar-refractivity contribution in [3.8, 4) is 0 Å². The van der Waals surface area contributed by atoms with Gasteiger partial charge in [0.05, 0.1) is 10.5 Å². The number of thiocarbonyl (C=S) groups is 1. The molecule has 1 rings (SSSR count). The molecule has 1 unspecified atom stereocenters. The highest BCUT2D eigenvalue weighted by atomic mass is 32.1. The molecule has 0 spiro atoms. The number of nitrogens with one attached hydrogen (secondary N) is 1. The molecular weight excluding hydrogens is 244 g/mol. The Hall–Kier alpha value is -1.42. The Morgan fingerprint density at radius 1 is 1.33 bits per heavy atom. The van der Waals surface area contributed by atoms with Gasteiger partial charge in [-0.05, 0) is 37.5 Å². The van der Waals surface area contributed by atoms with Crippen molar-refractivity contribution in [2.45, 2.75) is 39.2 Å². The molecule has 0 saturated carbocycles. The first-order valence-corrected chi connectivity index (χ1v) is 6.55. The Kier molecular flexibility index (Phi) is 4.84. The van der Waals surface area contributed by atoms with Gasteiger partial charge < -0.3 is 11.1 Å². The second kappa shape index (κ2) is 5.96. The maximum absolute atomic E-state index is 12.1. The molecule has 1 aromatic carbocycles. The number of aryl methyl sites for hydroxylation is 1. The average molecular weight is 264 g/mol. The molecule has 0 fully saturated rings. The lowest BCUT2D eigenvalue weighted by atomic mass is 9.98. The molecule has 0 heterocycles. The third kappa shape index (κ3) is 3.29. The zero-order valence-corrected chi connectivity index (χ0v) is 11.9. The van der Waals surface area contributed by atoms with E-state index in [2.05, 4.69) is 12.2 Å². The second-order valence-electron chi connectivity index (χ2n) is 4.55. The highest BCUT2D eigenvalue weighted by Crippen LogP contribution is 2.12.